The molecule has 3 atom stereocenters. The van der Waals surface area contributed by atoms with Crippen LogP contribution in [0.3, 0.4) is 0 Å². The molecule has 19 heavy (non-hydrogen) atoms. The van der Waals surface area contributed by atoms with Crippen molar-refractivity contribution in [2.75, 3.05) is 13.1 Å². The second-order valence-electron chi connectivity index (χ2n) is 6.32. The molecule has 1 saturated carbocycles. The third kappa shape index (κ3) is 3.68. The average Bonchev–Trinajstić information content (AvgIpc) is 3.15. The van der Waals surface area contributed by atoms with Crippen LogP contribution in [0.2, 0.25) is 0 Å². The highest BCUT2D eigenvalue weighted by Gasteiger charge is 2.37. The van der Waals surface area contributed by atoms with Gasteiger partial charge in [0.25, 0.3) is 0 Å². The van der Waals surface area contributed by atoms with Crippen molar-refractivity contribution in [2.24, 2.45) is 11.7 Å². The van der Waals surface area contributed by atoms with Crippen molar-refractivity contribution >= 4 is 5.91 Å². The number of hydrogen-bond acceptors (Lipinski definition) is 4. The van der Waals surface area contributed by atoms with Crippen LogP contribution in [0.25, 0.3) is 0 Å². The van der Waals surface area contributed by atoms with Gasteiger partial charge in [0.15, 0.2) is 0 Å². The number of nitriles is 1. The largest absolute Gasteiger partial charge is 0.369 e. The fourth-order valence-electron chi connectivity index (χ4n) is 2.83. The fourth-order valence-corrected chi connectivity index (χ4v) is 2.83. The van der Waals surface area contributed by atoms with E-state index in [1.807, 2.05) is 6.92 Å². The van der Waals surface area contributed by atoms with Gasteiger partial charge in [0.05, 0.1) is 12.0 Å². The van der Waals surface area contributed by atoms with Crippen molar-refractivity contribution in [3.8, 4) is 6.07 Å². The van der Waals surface area contributed by atoms with Gasteiger partial charge in [-0.25, -0.2) is 0 Å². The lowest BCUT2D eigenvalue weighted by atomic mass is 9.91. The maximum absolute atomic E-state index is 11.3. The third-order valence-corrected chi connectivity index (χ3v) is 4.28. The fraction of sp³-hybridized carbons (Fsp3) is 0.857. The summed E-state index contributed by atoms with van der Waals surface area (Å²) in [6.45, 7) is 5.45. The minimum Gasteiger partial charge on any atom is -0.369 e. The molecule has 0 aromatic carbocycles. The number of piperidine rings is 1. The Kier molecular flexibility index (Phi) is 4.12. The minimum atomic E-state index is -0.533. The zero-order chi connectivity index (χ0) is 14.0. The SMILES string of the molecule is CC1CCC(C(N)=O)CN1CC(C)(C#N)NC1CC1. The summed E-state index contributed by atoms with van der Waals surface area (Å²) in [6.07, 6.45) is 4.17. The number of nitrogens with two attached hydrogens (primary N) is 1. The van der Waals surface area contributed by atoms with Crippen LogP contribution in [0, 0.1) is 17.2 Å². The Hall–Kier alpha value is -1.12. The summed E-state index contributed by atoms with van der Waals surface area (Å²) in [4.78, 5) is 13.6. The van der Waals surface area contributed by atoms with E-state index in [1.165, 1.54) is 0 Å². The Bertz CT molecular complexity index is 387. The standard InChI is InChI=1S/C14H24N4O/c1-10-3-4-11(13(16)19)7-18(10)9-14(2,8-15)17-12-5-6-12/h10-12,17H,3-7,9H2,1-2H3,(H2,16,19). The summed E-state index contributed by atoms with van der Waals surface area (Å²) in [5.41, 5.74) is 4.88. The van der Waals surface area contributed by atoms with Gasteiger partial charge in [-0.15, -0.1) is 0 Å². The predicted molar refractivity (Wildman–Crippen MR) is 73.1 cm³/mol. The van der Waals surface area contributed by atoms with Gasteiger partial charge in [-0.2, -0.15) is 5.26 Å². The minimum absolute atomic E-state index is 0.0694. The smallest absolute Gasteiger partial charge is 0.221 e. The monoisotopic (exact) mass is 264 g/mol. The number of carbonyl (C=O) groups is 1. The Morgan fingerprint density at radius 1 is 1.47 bits per heavy atom. The highest BCUT2D eigenvalue weighted by molar-refractivity contribution is 5.77. The molecule has 1 heterocycles. The molecule has 1 aliphatic heterocycles. The molecule has 0 aromatic heterocycles. The second kappa shape index (κ2) is 5.48. The van der Waals surface area contributed by atoms with E-state index in [1.54, 1.807) is 0 Å². The molecule has 106 valence electrons. The zero-order valence-electron chi connectivity index (χ0n) is 11.9. The highest BCUT2D eigenvalue weighted by Crippen LogP contribution is 2.26. The summed E-state index contributed by atoms with van der Waals surface area (Å²) >= 11 is 0. The average molecular weight is 264 g/mol. The predicted octanol–water partition coefficient (Wildman–Crippen LogP) is 0.606. The first-order chi connectivity index (χ1) is 8.93. The van der Waals surface area contributed by atoms with E-state index in [0.717, 1.165) is 25.7 Å². The van der Waals surface area contributed by atoms with Crippen LogP contribution in [-0.2, 0) is 4.79 Å². The van der Waals surface area contributed by atoms with Gasteiger partial charge in [0.2, 0.25) is 5.91 Å². The van der Waals surface area contributed by atoms with Crippen LogP contribution in [0.1, 0.15) is 39.5 Å². The molecule has 3 N–H and O–H groups in total. The summed E-state index contributed by atoms with van der Waals surface area (Å²) in [5.74, 6) is -0.286. The summed E-state index contributed by atoms with van der Waals surface area (Å²) in [5, 5.41) is 12.8. The molecule has 1 aliphatic carbocycles. The first kappa shape index (κ1) is 14.3. The lowest BCUT2D eigenvalue weighted by Gasteiger charge is -2.40. The van der Waals surface area contributed by atoms with Crippen molar-refractivity contribution in [3.63, 3.8) is 0 Å². The Morgan fingerprint density at radius 2 is 2.16 bits per heavy atom. The topological polar surface area (TPSA) is 82.2 Å². The van der Waals surface area contributed by atoms with Crippen molar-refractivity contribution in [1.29, 1.82) is 5.26 Å². The number of likely N-dealkylation sites (tertiary alicyclic amines) is 1. The van der Waals surface area contributed by atoms with Crippen LogP contribution in [0.4, 0.5) is 0 Å². The third-order valence-electron chi connectivity index (χ3n) is 4.28. The molecule has 5 heteroatoms. The van der Waals surface area contributed by atoms with Crippen LogP contribution in [0.5, 0.6) is 0 Å². The van der Waals surface area contributed by atoms with Gasteiger partial charge in [-0.1, -0.05) is 0 Å². The van der Waals surface area contributed by atoms with Crippen molar-refractivity contribution in [1.82, 2.24) is 10.2 Å². The molecule has 2 rings (SSSR count). The molecular weight excluding hydrogens is 240 g/mol. The Labute approximate surface area is 115 Å². The van der Waals surface area contributed by atoms with E-state index >= 15 is 0 Å². The quantitative estimate of drug-likeness (QED) is 0.762. The van der Waals surface area contributed by atoms with E-state index in [9.17, 15) is 10.1 Å². The van der Waals surface area contributed by atoms with Gasteiger partial charge < -0.3 is 5.73 Å². The van der Waals surface area contributed by atoms with E-state index in [0.29, 0.717) is 25.2 Å². The number of primary amides is 1. The van der Waals surface area contributed by atoms with Crippen LogP contribution in [0.15, 0.2) is 0 Å². The molecule has 0 radical (unpaired) electrons. The summed E-state index contributed by atoms with van der Waals surface area (Å²) < 4.78 is 0. The van der Waals surface area contributed by atoms with Crippen LogP contribution >= 0.6 is 0 Å². The lowest BCUT2D eigenvalue weighted by molar-refractivity contribution is -0.124. The first-order valence-electron chi connectivity index (χ1n) is 7.16. The van der Waals surface area contributed by atoms with Crippen LogP contribution < -0.4 is 11.1 Å². The molecule has 2 aliphatic rings. The zero-order valence-corrected chi connectivity index (χ0v) is 11.9. The summed E-state index contributed by atoms with van der Waals surface area (Å²) in [7, 11) is 0. The lowest BCUT2D eigenvalue weighted by Crippen LogP contribution is -2.56. The van der Waals surface area contributed by atoms with Crippen molar-refractivity contribution < 1.29 is 4.79 Å². The highest BCUT2D eigenvalue weighted by atomic mass is 16.1. The first-order valence-corrected chi connectivity index (χ1v) is 7.16. The molecule has 5 nitrogen and oxygen atoms in total. The van der Waals surface area contributed by atoms with Gasteiger partial charge >= 0.3 is 0 Å². The van der Waals surface area contributed by atoms with Gasteiger partial charge in [0, 0.05) is 25.2 Å². The van der Waals surface area contributed by atoms with Gasteiger partial charge in [0.1, 0.15) is 5.54 Å². The van der Waals surface area contributed by atoms with Crippen LogP contribution in [-0.4, -0.2) is 41.5 Å². The Morgan fingerprint density at radius 3 is 2.68 bits per heavy atom. The van der Waals surface area contributed by atoms with Crippen molar-refractivity contribution in [2.45, 2.75) is 57.2 Å². The molecule has 0 spiro atoms. The molecule has 1 amide bonds. The Balaban J connectivity index is 1.98. The van der Waals surface area contributed by atoms with E-state index in [-0.39, 0.29) is 11.8 Å². The summed E-state index contributed by atoms with van der Waals surface area (Å²) in [6, 6.07) is 3.30. The molecule has 0 aromatic rings. The number of rotatable bonds is 5. The number of nitrogens with one attached hydrogen (secondary N) is 1. The molecule has 1 saturated heterocycles. The van der Waals surface area contributed by atoms with Gasteiger partial charge in [-0.3, -0.25) is 15.0 Å². The number of nitrogens with zero attached hydrogens (tertiary/aromatic N) is 2. The second-order valence-corrected chi connectivity index (χ2v) is 6.32. The molecule has 3 unspecified atom stereocenters. The molecular formula is C14H24N4O. The van der Waals surface area contributed by atoms with E-state index in [2.05, 4.69) is 23.2 Å². The van der Waals surface area contributed by atoms with Gasteiger partial charge in [-0.05, 0) is 39.5 Å². The number of amides is 1. The maximum Gasteiger partial charge on any atom is 0.221 e. The van der Waals surface area contributed by atoms with E-state index in [4.69, 9.17) is 5.73 Å². The van der Waals surface area contributed by atoms with E-state index < -0.39 is 5.54 Å². The van der Waals surface area contributed by atoms with Crippen molar-refractivity contribution in [3.05, 3.63) is 0 Å². The molecule has 0 bridgehead atoms. The maximum atomic E-state index is 11.3. The normalized spacial score (nSPS) is 31.4. The number of carbonyl (C=O) groups excluding carboxylic acids is 1. The molecule has 2 fully saturated rings. The number of hydrogen-bond donors (Lipinski definition) is 2.